The highest BCUT2D eigenvalue weighted by Gasteiger charge is 2.50. The summed E-state index contributed by atoms with van der Waals surface area (Å²) < 4.78 is 34.0. The minimum Gasteiger partial charge on any atom is -0.504 e. The zero-order valence-electron chi connectivity index (χ0n) is 14.3. The number of hydrogen-bond acceptors (Lipinski definition) is 4. The van der Waals surface area contributed by atoms with Crippen molar-refractivity contribution in [2.24, 2.45) is 0 Å². The van der Waals surface area contributed by atoms with Crippen LogP contribution in [0, 0.1) is 0 Å². The van der Waals surface area contributed by atoms with Gasteiger partial charge in [0, 0.05) is 15.6 Å². The van der Waals surface area contributed by atoms with Crippen LogP contribution in [0.15, 0.2) is 54.6 Å². The van der Waals surface area contributed by atoms with Crippen LogP contribution in [-0.4, -0.2) is 23.2 Å². The van der Waals surface area contributed by atoms with Gasteiger partial charge in [-0.15, -0.1) is 0 Å². The van der Waals surface area contributed by atoms with E-state index in [4.69, 9.17) is 46.4 Å². The molecule has 0 spiro atoms. The van der Waals surface area contributed by atoms with E-state index in [2.05, 4.69) is 0 Å². The average molecular weight is 494 g/mol. The normalized spacial score (nSPS) is 13.8. The number of phenols is 2. The summed E-state index contributed by atoms with van der Waals surface area (Å²) in [4.78, 5) is 0. The Bertz CT molecular complexity index is 1210. The number of aromatic hydroxyl groups is 2. The Morgan fingerprint density at radius 1 is 0.724 bits per heavy atom. The monoisotopic (exact) mass is 492 g/mol. The number of benzene rings is 3. The Morgan fingerprint density at radius 3 is 1.93 bits per heavy atom. The molecule has 0 saturated carbocycles. The Kier molecular flexibility index (Phi) is 5.98. The SMILES string of the molecule is O=S(=O)(O)C(c1cccc(Cl)c1)(c1ccc(O)c(O)c1)c1cc(Cl)c(Cl)cc1Cl. The standard InChI is InChI=1S/C19H12Cl4O5S/c20-12-3-1-2-10(6-12)19(29(26,27)28,11-4-5-17(24)18(25)7-11)13-8-15(22)16(23)9-14(13)21/h1-9,24-25H,(H,26,27,28). The van der Waals surface area contributed by atoms with E-state index in [1.54, 1.807) is 0 Å². The Labute approximate surface area is 186 Å². The van der Waals surface area contributed by atoms with Crippen molar-refractivity contribution in [2.45, 2.75) is 4.75 Å². The lowest BCUT2D eigenvalue weighted by atomic mass is 9.83. The van der Waals surface area contributed by atoms with Crippen molar-refractivity contribution in [3.05, 3.63) is 91.4 Å². The number of phenolic OH excluding ortho intramolecular Hbond substituents is 2. The fraction of sp³-hybridized carbons (Fsp3) is 0.0526. The largest absolute Gasteiger partial charge is 0.504 e. The Hall–Kier alpha value is -1.67. The predicted octanol–water partition coefficient (Wildman–Crippen LogP) is 5.89. The second kappa shape index (κ2) is 7.87. The topological polar surface area (TPSA) is 94.8 Å². The third kappa shape index (κ3) is 3.77. The van der Waals surface area contributed by atoms with Crippen molar-refractivity contribution in [1.82, 2.24) is 0 Å². The van der Waals surface area contributed by atoms with Gasteiger partial charge in [-0.3, -0.25) is 4.55 Å². The highest BCUT2D eigenvalue weighted by Crippen LogP contribution is 2.49. The van der Waals surface area contributed by atoms with E-state index in [-0.39, 0.29) is 36.8 Å². The smallest absolute Gasteiger partial charge is 0.283 e. The van der Waals surface area contributed by atoms with Crippen molar-refractivity contribution in [3.63, 3.8) is 0 Å². The lowest BCUT2D eigenvalue weighted by Gasteiger charge is -2.33. The highest BCUT2D eigenvalue weighted by molar-refractivity contribution is 7.87. The second-order valence-corrected chi connectivity index (χ2v) is 9.34. The highest BCUT2D eigenvalue weighted by atomic mass is 35.5. The van der Waals surface area contributed by atoms with Crippen LogP contribution >= 0.6 is 46.4 Å². The maximum atomic E-state index is 12.9. The summed E-state index contributed by atoms with van der Waals surface area (Å²) in [6.45, 7) is 0. The minimum atomic E-state index is -5.02. The van der Waals surface area contributed by atoms with Crippen LogP contribution in [0.25, 0.3) is 0 Å². The van der Waals surface area contributed by atoms with Gasteiger partial charge in [0.15, 0.2) is 16.2 Å². The van der Waals surface area contributed by atoms with Gasteiger partial charge in [-0.1, -0.05) is 64.6 Å². The fourth-order valence-electron chi connectivity index (χ4n) is 3.16. The lowest BCUT2D eigenvalue weighted by molar-refractivity contribution is 0.402. The summed E-state index contributed by atoms with van der Waals surface area (Å²) >= 11 is 24.5. The molecule has 1 atom stereocenters. The Morgan fingerprint density at radius 2 is 1.34 bits per heavy atom. The van der Waals surface area contributed by atoms with Crippen LogP contribution < -0.4 is 0 Å². The molecule has 0 aliphatic carbocycles. The van der Waals surface area contributed by atoms with Crippen LogP contribution in [0.1, 0.15) is 16.7 Å². The number of rotatable bonds is 4. The van der Waals surface area contributed by atoms with Crippen LogP contribution in [0.5, 0.6) is 11.5 Å². The van der Waals surface area contributed by atoms with Gasteiger partial charge in [0.1, 0.15) is 0 Å². The molecule has 5 nitrogen and oxygen atoms in total. The second-order valence-electron chi connectivity index (χ2n) is 6.12. The molecular weight excluding hydrogens is 482 g/mol. The van der Waals surface area contributed by atoms with E-state index in [0.717, 1.165) is 12.1 Å². The molecule has 0 bridgehead atoms. The molecule has 3 aromatic rings. The van der Waals surface area contributed by atoms with Crippen molar-refractivity contribution in [3.8, 4) is 11.5 Å². The van der Waals surface area contributed by atoms with Crippen molar-refractivity contribution >= 4 is 56.5 Å². The van der Waals surface area contributed by atoms with Crippen LogP contribution in [-0.2, 0) is 14.9 Å². The van der Waals surface area contributed by atoms with Crippen molar-refractivity contribution in [1.29, 1.82) is 0 Å². The molecule has 3 N–H and O–H groups in total. The summed E-state index contributed by atoms with van der Waals surface area (Å²) in [6.07, 6.45) is 0. The van der Waals surface area contributed by atoms with Gasteiger partial charge in [-0.25, -0.2) is 0 Å². The summed E-state index contributed by atoms with van der Waals surface area (Å²) in [5.41, 5.74) is -0.209. The number of halogens is 4. The molecule has 0 aliphatic rings. The summed E-state index contributed by atoms with van der Waals surface area (Å²) in [5, 5.41) is 19.8. The molecule has 0 saturated heterocycles. The first kappa shape index (κ1) is 22.0. The molecule has 29 heavy (non-hydrogen) atoms. The Balaban J connectivity index is 2.58. The van der Waals surface area contributed by atoms with Gasteiger partial charge in [-0.05, 0) is 47.5 Å². The average Bonchev–Trinajstić information content (AvgIpc) is 2.62. The van der Waals surface area contributed by atoms with Crippen LogP contribution in [0.3, 0.4) is 0 Å². The molecule has 0 aliphatic heterocycles. The molecule has 0 radical (unpaired) electrons. The van der Waals surface area contributed by atoms with Crippen molar-refractivity contribution < 1.29 is 23.2 Å². The summed E-state index contributed by atoms with van der Waals surface area (Å²) in [5.74, 6) is -1.09. The summed E-state index contributed by atoms with van der Waals surface area (Å²) in [6, 6.07) is 11.5. The molecule has 1 unspecified atom stereocenters. The van der Waals surface area contributed by atoms with Gasteiger partial charge < -0.3 is 10.2 Å². The number of hydrogen-bond donors (Lipinski definition) is 3. The first-order valence-corrected chi connectivity index (χ1v) is 10.8. The van der Waals surface area contributed by atoms with Crippen LogP contribution in [0.4, 0.5) is 0 Å². The van der Waals surface area contributed by atoms with E-state index in [9.17, 15) is 23.2 Å². The third-order valence-corrected chi connectivity index (χ3v) is 7.12. The van der Waals surface area contributed by atoms with Gasteiger partial charge >= 0.3 is 0 Å². The first-order valence-electron chi connectivity index (χ1n) is 7.89. The maximum absolute atomic E-state index is 12.9. The maximum Gasteiger partial charge on any atom is 0.283 e. The minimum absolute atomic E-state index is 0.0101. The molecule has 152 valence electrons. The lowest BCUT2D eigenvalue weighted by Crippen LogP contribution is -2.38. The summed E-state index contributed by atoms with van der Waals surface area (Å²) in [7, 11) is -5.02. The van der Waals surface area contributed by atoms with Gasteiger partial charge in [0.25, 0.3) is 10.1 Å². The van der Waals surface area contributed by atoms with E-state index in [0.29, 0.717) is 0 Å². The fourth-order valence-corrected chi connectivity index (χ4v) is 5.39. The van der Waals surface area contributed by atoms with Gasteiger partial charge in [0.05, 0.1) is 10.0 Å². The van der Waals surface area contributed by atoms with E-state index < -0.39 is 26.4 Å². The van der Waals surface area contributed by atoms with Crippen molar-refractivity contribution in [2.75, 3.05) is 0 Å². The quantitative estimate of drug-likeness (QED) is 0.182. The molecule has 0 heterocycles. The van der Waals surface area contributed by atoms with Gasteiger partial charge in [0.2, 0.25) is 0 Å². The molecule has 0 amide bonds. The molecule has 3 rings (SSSR count). The molecule has 10 heteroatoms. The third-order valence-electron chi connectivity index (χ3n) is 4.39. The molecule has 0 aromatic heterocycles. The van der Waals surface area contributed by atoms with Gasteiger partial charge in [-0.2, -0.15) is 8.42 Å². The zero-order chi connectivity index (χ0) is 21.6. The van der Waals surface area contributed by atoms with E-state index in [1.807, 2.05) is 0 Å². The molecule has 3 aromatic carbocycles. The van der Waals surface area contributed by atoms with Crippen LogP contribution in [0.2, 0.25) is 20.1 Å². The molecule has 0 fully saturated rings. The predicted molar refractivity (Wildman–Crippen MR) is 114 cm³/mol. The van der Waals surface area contributed by atoms with E-state index >= 15 is 0 Å². The first-order chi connectivity index (χ1) is 13.5. The molecular formula is C19H12Cl4O5S. The zero-order valence-corrected chi connectivity index (χ0v) is 18.1. The van der Waals surface area contributed by atoms with E-state index in [1.165, 1.54) is 42.5 Å².